The molecule has 0 saturated carbocycles. The van der Waals surface area contributed by atoms with Crippen LogP contribution in [-0.4, -0.2) is 10.0 Å². The molecule has 0 aliphatic heterocycles. The smallest absolute Gasteiger partial charge is 0.296 e. The van der Waals surface area contributed by atoms with Crippen LogP contribution in [0.15, 0.2) is 53.1 Å². The number of fused-ring (bicyclic) bond motifs is 1. The van der Waals surface area contributed by atoms with Gasteiger partial charge >= 0.3 is 0 Å². The average Bonchev–Trinajstić information content (AvgIpc) is 2.89. The number of phenolic OH excluding ortho intramolecular Hbond substituents is 1. The van der Waals surface area contributed by atoms with Gasteiger partial charge in [0.25, 0.3) is 5.69 Å². The summed E-state index contributed by atoms with van der Waals surface area (Å²) in [6, 6.07) is 11.6. The van der Waals surface area contributed by atoms with Crippen molar-refractivity contribution in [2.75, 3.05) is 5.32 Å². The Hall–Kier alpha value is -3.02. The maximum atomic E-state index is 11.0. The van der Waals surface area contributed by atoms with E-state index in [1.165, 1.54) is 12.1 Å². The van der Waals surface area contributed by atoms with Gasteiger partial charge in [-0.05, 0) is 18.2 Å². The molecule has 0 aliphatic carbocycles. The van der Waals surface area contributed by atoms with Gasteiger partial charge in [-0.1, -0.05) is 18.2 Å². The highest BCUT2D eigenvalue weighted by molar-refractivity contribution is 5.81. The van der Waals surface area contributed by atoms with Crippen LogP contribution in [-0.2, 0) is 6.54 Å². The van der Waals surface area contributed by atoms with Crippen molar-refractivity contribution in [2.45, 2.75) is 6.54 Å². The Labute approximate surface area is 119 Å². The van der Waals surface area contributed by atoms with Crippen molar-refractivity contribution in [3.8, 4) is 5.75 Å². The number of hydrogen-bond acceptors (Lipinski definition) is 5. The molecule has 0 radical (unpaired) electrons. The van der Waals surface area contributed by atoms with Crippen molar-refractivity contribution in [3.63, 3.8) is 0 Å². The van der Waals surface area contributed by atoms with Gasteiger partial charge in [0.2, 0.25) is 0 Å². The second-order valence-electron chi connectivity index (χ2n) is 4.57. The van der Waals surface area contributed by atoms with Crippen molar-refractivity contribution < 1.29 is 14.4 Å². The number of para-hydroxylation sites is 1. The van der Waals surface area contributed by atoms with Gasteiger partial charge in [0.1, 0.15) is 17.0 Å². The third kappa shape index (κ3) is 2.51. The number of benzene rings is 2. The summed E-state index contributed by atoms with van der Waals surface area (Å²) in [5.41, 5.74) is 1.87. The minimum atomic E-state index is -0.532. The number of anilines is 1. The number of nitro benzene ring substituents is 1. The molecule has 0 saturated heterocycles. The molecular weight excluding hydrogens is 272 g/mol. The summed E-state index contributed by atoms with van der Waals surface area (Å²) in [7, 11) is 0. The molecule has 21 heavy (non-hydrogen) atoms. The number of nitro groups is 1. The van der Waals surface area contributed by atoms with Crippen LogP contribution in [0.4, 0.5) is 11.4 Å². The number of rotatable bonds is 4. The highest BCUT2D eigenvalue weighted by Crippen LogP contribution is 2.29. The van der Waals surface area contributed by atoms with E-state index < -0.39 is 4.92 Å². The lowest BCUT2D eigenvalue weighted by molar-refractivity contribution is -0.384. The summed E-state index contributed by atoms with van der Waals surface area (Å²) in [4.78, 5) is 10.5. The molecule has 0 amide bonds. The molecule has 1 heterocycles. The molecule has 0 fully saturated rings. The first-order chi connectivity index (χ1) is 10.1. The number of nitrogens with zero attached hydrogens (tertiary/aromatic N) is 1. The van der Waals surface area contributed by atoms with E-state index in [9.17, 15) is 15.2 Å². The zero-order chi connectivity index (χ0) is 14.8. The topological polar surface area (TPSA) is 88.5 Å². The molecule has 1 aromatic heterocycles. The number of nitrogens with one attached hydrogen (secondary N) is 1. The van der Waals surface area contributed by atoms with E-state index in [4.69, 9.17) is 4.42 Å². The van der Waals surface area contributed by atoms with Gasteiger partial charge in [-0.2, -0.15) is 0 Å². The van der Waals surface area contributed by atoms with Crippen LogP contribution in [0.2, 0.25) is 0 Å². The Kier molecular flexibility index (Phi) is 3.19. The first-order valence-electron chi connectivity index (χ1n) is 6.31. The van der Waals surface area contributed by atoms with Crippen molar-refractivity contribution in [1.82, 2.24) is 0 Å². The Morgan fingerprint density at radius 3 is 2.86 bits per heavy atom. The molecule has 0 spiro atoms. The highest BCUT2D eigenvalue weighted by atomic mass is 16.6. The monoisotopic (exact) mass is 284 g/mol. The van der Waals surface area contributed by atoms with Crippen molar-refractivity contribution in [1.29, 1.82) is 0 Å². The quantitative estimate of drug-likeness (QED) is 0.433. The maximum Gasteiger partial charge on any atom is 0.296 e. The third-order valence-corrected chi connectivity index (χ3v) is 3.21. The Morgan fingerprint density at radius 2 is 2.05 bits per heavy atom. The lowest BCUT2D eigenvalue weighted by atomic mass is 10.1. The fourth-order valence-electron chi connectivity index (χ4n) is 2.18. The first kappa shape index (κ1) is 13.0. The summed E-state index contributed by atoms with van der Waals surface area (Å²) >= 11 is 0. The predicted octanol–water partition coefficient (Wildman–Crippen LogP) is 3.66. The van der Waals surface area contributed by atoms with Gasteiger partial charge in [0.05, 0.1) is 17.3 Å². The third-order valence-electron chi connectivity index (χ3n) is 3.21. The lowest BCUT2D eigenvalue weighted by Crippen LogP contribution is -2.02. The first-order valence-corrected chi connectivity index (χ1v) is 6.31. The SMILES string of the molecule is O=[N+]([O-])c1cc(O)ccc1NCc1coc2ccccc12. The van der Waals surface area contributed by atoms with E-state index in [0.29, 0.717) is 12.2 Å². The standard InChI is InChI=1S/C15H12N2O4/c18-11-5-6-13(14(7-11)17(19)20)16-8-10-9-21-15-4-2-1-3-12(10)15/h1-7,9,16,18H,8H2. The summed E-state index contributed by atoms with van der Waals surface area (Å²) in [5, 5.41) is 24.3. The van der Waals surface area contributed by atoms with Crippen molar-refractivity contribution >= 4 is 22.3 Å². The fraction of sp³-hybridized carbons (Fsp3) is 0.0667. The fourth-order valence-corrected chi connectivity index (χ4v) is 2.18. The molecule has 2 N–H and O–H groups in total. The maximum absolute atomic E-state index is 11.0. The molecular formula is C15H12N2O4. The molecule has 0 unspecified atom stereocenters. The van der Waals surface area contributed by atoms with Crippen molar-refractivity contribution in [2.24, 2.45) is 0 Å². The molecule has 3 aromatic rings. The van der Waals surface area contributed by atoms with Crippen LogP contribution >= 0.6 is 0 Å². The summed E-state index contributed by atoms with van der Waals surface area (Å²) < 4.78 is 5.42. The largest absolute Gasteiger partial charge is 0.508 e. The predicted molar refractivity (Wildman–Crippen MR) is 78.3 cm³/mol. The van der Waals surface area contributed by atoms with Crippen LogP contribution in [0.1, 0.15) is 5.56 Å². The van der Waals surface area contributed by atoms with Crippen LogP contribution in [0, 0.1) is 10.1 Å². The van der Waals surface area contributed by atoms with Gasteiger partial charge in [0, 0.05) is 17.5 Å². The van der Waals surface area contributed by atoms with Gasteiger partial charge < -0.3 is 14.8 Å². The van der Waals surface area contributed by atoms with Crippen LogP contribution in [0.25, 0.3) is 11.0 Å². The number of hydrogen-bond donors (Lipinski definition) is 2. The van der Waals surface area contributed by atoms with Gasteiger partial charge in [-0.15, -0.1) is 0 Å². The Bertz CT molecular complexity index is 810. The summed E-state index contributed by atoms with van der Waals surface area (Å²) in [6.07, 6.45) is 1.63. The molecule has 0 bridgehead atoms. The van der Waals surface area contributed by atoms with Crippen LogP contribution in [0.3, 0.4) is 0 Å². The zero-order valence-corrected chi connectivity index (χ0v) is 10.9. The van der Waals surface area contributed by atoms with E-state index in [1.807, 2.05) is 24.3 Å². The van der Waals surface area contributed by atoms with E-state index in [1.54, 1.807) is 6.26 Å². The molecule has 2 aromatic carbocycles. The molecule has 3 rings (SSSR count). The van der Waals surface area contributed by atoms with E-state index in [0.717, 1.165) is 22.6 Å². The lowest BCUT2D eigenvalue weighted by Gasteiger charge is -2.06. The van der Waals surface area contributed by atoms with Crippen LogP contribution < -0.4 is 5.32 Å². The molecule has 0 aliphatic rings. The van der Waals surface area contributed by atoms with Crippen LogP contribution in [0.5, 0.6) is 5.75 Å². The Balaban J connectivity index is 1.87. The van der Waals surface area contributed by atoms with E-state index in [-0.39, 0.29) is 11.4 Å². The highest BCUT2D eigenvalue weighted by Gasteiger charge is 2.15. The zero-order valence-electron chi connectivity index (χ0n) is 10.9. The van der Waals surface area contributed by atoms with Gasteiger partial charge in [-0.3, -0.25) is 10.1 Å². The molecule has 6 nitrogen and oxygen atoms in total. The normalized spacial score (nSPS) is 10.7. The minimum Gasteiger partial charge on any atom is -0.508 e. The van der Waals surface area contributed by atoms with E-state index >= 15 is 0 Å². The summed E-state index contributed by atoms with van der Waals surface area (Å²) in [6.45, 7) is 0.391. The van der Waals surface area contributed by atoms with Gasteiger partial charge in [0.15, 0.2) is 0 Å². The van der Waals surface area contributed by atoms with E-state index in [2.05, 4.69) is 5.32 Å². The second-order valence-corrected chi connectivity index (χ2v) is 4.57. The molecule has 6 heteroatoms. The number of phenols is 1. The second kappa shape index (κ2) is 5.16. The molecule has 0 atom stereocenters. The van der Waals surface area contributed by atoms with Gasteiger partial charge in [-0.25, -0.2) is 0 Å². The van der Waals surface area contributed by atoms with Crippen molar-refractivity contribution in [3.05, 3.63) is 64.4 Å². The molecule has 106 valence electrons. The minimum absolute atomic E-state index is 0.138. The average molecular weight is 284 g/mol. The number of furan rings is 1. The summed E-state index contributed by atoms with van der Waals surface area (Å²) in [5.74, 6) is -0.138. The Morgan fingerprint density at radius 1 is 1.24 bits per heavy atom. The number of aromatic hydroxyl groups is 1.